The highest BCUT2D eigenvalue weighted by atomic mass is 35.5. The lowest BCUT2D eigenvalue weighted by Gasteiger charge is -2.09. The summed E-state index contributed by atoms with van der Waals surface area (Å²) >= 11 is 11.7. The lowest BCUT2D eigenvalue weighted by atomic mass is 10.2. The summed E-state index contributed by atoms with van der Waals surface area (Å²) in [5, 5.41) is 3.42. The van der Waals surface area contributed by atoms with Crippen LogP contribution in [0.3, 0.4) is 0 Å². The summed E-state index contributed by atoms with van der Waals surface area (Å²) in [4.78, 5) is 3.96. The van der Waals surface area contributed by atoms with Crippen LogP contribution in [0.5, 0.6) is 0 Å². The molecule has 0 atom stereocenters. The third-order valence-corrected chi connectivity index (χ3v) is 2.99. The molecule has 0 amide bonds. The molecule has 1 aromatic carbocycles. The number of nitrogens with zero attached hydrogens (tertiary/aromatic N) is 1. The first-order valence-electron chi connectivity index (χ1n) is 5.26. The molecule has 0 bridgehead atoms. The fourth-order valence-corrected chi connectivity index (χ4v) is 1.87. The van der Waals surface area contributed by atoms with Crippen LogP contribution in [0.15, 0.2) is 24.3 Å². The molecular formula is C12H9Cl2F2N3. The highest BCUT2D eigenvalue weighted by Gasteiger charge is 2.08. The van der Waals surface area contributed by atoms with Crippen molar-refractivity contribution >= 4 is 34.8 Å². The molecule has 0 aliphatic heterocycles. The standard InChI is InChI=1S/C12H9Cl2F2N3/c13-7-4-8(14)12(19-11(7)17)18-5-6-1-2-9(15)10(16)3-6/h1-4H,5H2,(H3,17,18,19). The zero-order valence-electron chi connectivity index (χ0n) is 9.55. The molecule has 3 nitrogen and oxygen atoms in total. The summed E-state index contributed by atoms with van der Waals surface area (Å²) < 4.78 is 25.8. The average molecular weight is 304 g/mol. The minimum Gasteiger partial charge on any atom is -0.382 e. The summed E-state index contributed by atoms with van der Waals surface area (Å²) in [7, 11) is 0. The third kappa shape index (κ3) is 3.24. The molecule has 0 saturated carbocycles. The van der Waals surface area contributed by atoms with E-state index in [4.69, 9.17) is 28.9 Å². The zero-order valence-corrected chi connectivity index (χ0v) is 11.1. The molecule has 2 aromatic rings. The van der Waals surface area contributed by atoms with Gasteiger partial charge in [-0.05, 0) is 23.8 Å². The van der Waals surface area contributed by atoms with Crippen molar-refractivity contribution in [1.29, 1.82) is 0 Å². The van der Waals surface area contributed by atoms with Gasteiger partial charge in [-0.25, -0.2) is 13.8 Å². The number of nitrogen functional groups attached to an aromatic ring is 1. The molecule has 3 N–H and O–H groups in total. The molecule has 0 unspecified atom stereocenters. The second-order valence-electron chi connectivity index (χ2n) is 3.79. The average Bonchev–Trinajstić information content (AvgIpc) is 2.36. The van der Waals surface area contributed by atoms with Gasteiger partial charge in [0.1, 0.15) is 11.6 Å². The monoisotopic (exact) mass is 303 g/mol. The lowest BCUT2D eigenvalue weighted by molar-refractivity contribution is 0.507. The number of rotatable bonds is 3. The number of aromatic nitrogens is 1. The van der Waals surface area contributed by atoms with E-state index in [0.717, 1.165) is 12.1 Å². The van der Waals surface area contributed by atoms with Crippen LogP contribution in [0.2, 0.25) is 10.0 Å². The van der Waals surface area contributed by atoms with E-state index in [1.165, 1.54) is 12.1 Å². The van der Waals surface area contributed by atoms with Crippen LogP contribution in [0.25, 0.3) is 0 Å². The number of pyridine rings is 1. The van der Waals surface area contributed by atoms with Crippen molar-refractivity contribution in [2.45, 2.75) is 6.54 Å². The molecule has 0 aliphatic rings. The SMILES string of the molecule is Nc1nc(NCc2ccc(F)c(F)c2)c(Cl)cc1Cl. The highest BCUT2D eigenvalue weighted by molar-refractivity contribution is 6.37. The molecular weight excluding hydrogens is 295 g/mol. The second-order valence-corrected chi connectivity index (χ2v) is 4.60. The van der Waals surface area contributed by atoms with Crippen LogP contribution >= 0.6 is 23.2 Å². The van der Waals surface area contributed by atoms with Crippen molar-refractivity contribution in [3.63, 3.8) is 0 Å². The van der Waals surface area contributed by atoms with E-state index in [9.17, 15) is 8.78 Å². The van der Waals surface area contributed by atoms with Crippen LogP contribution in [0, 0.1) is 11.6 Å². The summed E-state index contributed by atoms with van der Waals surface area (Å²) in [6.45, 7) is 0.227. The van der Waals surface area contributed by atoms with Gasteiger partial charge in [0.25, 0.3) is 0 Å². The normalized spacial score (nSPS) is 10.5. The van der Waals surface area contributed by atoms with Gasteiger partial charge in [0.15, 0.2) is 11.6 Å². The Balaban J connectivity index is 2.14. The molecule has 0 spiro atoms. The highest BCUT2D eigenvalue weighted by Crippen LogP contribution is 2.27. The van der Waals surface area contributed by atoms with Crippen molar-refractivity contribution in [1.82, 2.24) is 4.98 Å². The van der Waals surface area contributed by atoms with Crippen LogP contribution in [0.1, 0.15) is 5.56 Å². The first kappa shape index (κ1) is 13.8. The Morgan fingerprint density at radius 3 is 2.53 bits per heavy atom. The maximum absolute atomic E-state index is 13.0. The van der Waals surface area contributed by atoms with E-state index in [0.29, 0.717) is 16.4 Å². The summed E-state index contributed by atoms with van der Waals surface area (Å²) in [5.41, 5.74) is 6.10. The minimum atomic E-state index is -0.908. The van der Waals surface area contributed by atoms with Crippen molar-refractivity contribution in [3.05, 3.63) is 51.5 Å². The molecule has 0 saturated heterocycles. The molecule has 0 aliphatic carbocycles. The summed E-state index contributed by atoms with van der Waals surface area (Å²) in [6, 6.07) is 5.06. The van der Waals surface area contributed by atoms with E-state index in [1.807, 2.05) is 0 Å². The number of nitrogens with two attached hydrogens (primary N) is 1. The Kier molecular flexibility index (Phi) is 4.07. The van der Waals surface area contributed by atoms with Crippen LogP contribution in [-0.4, -0.2) is 4.98 Å². The molecule has 7 heteroatoms. The maximum Gasteiger partial charge on any atom is 0.159 e. The van der Waals surface area contributed by atoms with Gasteiger partial charge in [0.05, 0.1) is 10.0 Å². The number of anilines is 2. The Bertz CT molecular complexity index is 620. The topological polar surface area (TPSA) is 50.9 Å². The van der Waals surface area contributed by atoms with E-state index in [1.54, 1.807) is 0 Å². The van der Waals surface area contributed by atoms with Gasteiger partial charge in [-0.2, -0.15) is 0 Å². The predicted molar refractivity (Wildman–Crippen MR) is 72.4 cm³/mol. The molecule has 0 radical (unpaired) electrons. The summed E-state index contributed by atoms with van der Waals surface area (Å²) in [5.74, 6) is -1.34. The zero-order chi connectivity index (χ0) is 14.0. The molecule has 1 aromatic heterocycles. The van der Waals surface area contributed by atoms with Gasteiger partial charge < -0.3 is 11.1 Å². The van der Waals surface area contributed by atoms with Gasteiger partial charge >= 0.3 is 0 Å². The molecule has 0 fully saturated rings. The van der Waals surface area contributed by atoms with Crippen LogP contribution in [0.4, 0.5) is 20.4 Å². The Morgan fingerprint density at radius 2 is 1.84 bits per heavy atom. The Morgan fingerprint density at radius 1 is 1.11 bits per heavy atom. The van der Waals surface area contributed by atoms with Crippen molar-refractivity contribution in [2.24, 2.45) is 0 Å². The predicted octanol–water partition coefficient (Wildman–Crippen LogP) is 3.86. The minimum absolute atomic E-state index is 0.138. The quantitative estimate of drug-likeness (QED) is 0.905. The number of hydrogen-bond acceptors (Lipinski definition) is 3. The second kappa shape index (κ2) is 5.59. The third-order valence-electron chi connectivity index (χ3n) is 2.40. The number of halogens is 4. The van der Waals surface area contributed by atoms with Gasteiger partial charge in [0, 0.05) is 6.54 Å². The Labute approximate surface area is 118 Å². The number of hydrogen-bond donors (Lipinski definition) is 2. The smallest absolute Gasteiger partial charge is 0.159 e. The van der Waals surface area contributed by atoms with Gasteiger partial charge in [-0.3, -0.25) is 0 Å². The van der Waals surface area contributed by atoms with Crippen molar-refractivity contribution in [2.75, 3.05) is 11.1 Å². The first-order valence-corrected chi connectivity index (χ1v) is 6.02. The Hall–Kier alpha value is -1.59. The summed E-state index contributed by atoms with van der Waals surface area (Å²) in [6.07, 6.45) is 0. The van der Waals surface area contributed by atoms with Crippen molar-refractivity contribution in [3.8, 4) is 0 Å². The van der Waals surface area contributed by atoms with E-state index in [2.05, 4.69) is 10.3 Å². The van der Waals surface area contributed by atoms with E-state index < -0.39 is 11.6 Å². The number of nitrogens with one attached hydrogen (secondary N) is 1. The van der Waals surface area contributed by atoms with Gasteiger partial charge in [0.2, 0.25) is 0 Å². The van der Waals surface area contributed by atoms with Crippen LogP contribution in [-0.2, 0) is 6.54 Å². The van der Waals surface area contributed by atoms with E-state index >= 15 is 0 Å². The van der Waals surface area contributed by atoms with Crippen molar-refractivity contribution < 1.29 is 8.78 Å². The maximum atomic E-state index is 13.0. The van der Waals surface area contributed by atoms with E-state index in [-0.39, 0.29) is 17.4 Å². The fourth-order valence-electron chi connectivity index (χ4n) is 1.44. The molecule has 1 heterocycles. The molecule has 19 heavy (non-hydrogen) atoms. The first-order chi connectivity index (χ1) is 8.97. The van der Waals surface area contributed by atoms with Gasteiger partial charge in [-0.15, -0.1) is 0 Å². The fraction of sp³-hybridized carbons (Fsp3) is 0.0833. The molecule has 2 rings (SSSR count). The molecule has 100 valence electrons. The largest absolute Gasteiger partial charge is 0.382 e. The van der Waals surface area contributed by atoms with Crippen LogP contribution < -0.4 is 11.1 Å². The lowest BCUT2D eigenvalue weighted by Crippen LogP contribution is -2.04. The number of benzene rings is 1. The van der Waals surface area contributed by atoms with Gasteiger partial charge in [-0.1, -0.05) is 29.3 Å².